The van der Waals surface area contributed by atoms with Crippen LogP contribution in [0.2, 0.25) is 0 Å². The number of hydroxylamine groups is 1. The Morgan fingerprint density at radius 1 is 0.912 bits per heavy atom. The van der Waals surface area contributed by atoms with Gasteiger partial charge in [0.05, 0.1) is 25.4 Å². The molecular weight excluding hydrogens is 744 g/mol. The van der Waals surface area contributed by atoms with Crippen molar-refractivity contribution in [3.05, 3.63) is 89.1 Å². The first kappa shape index (κ1) is 40.4. The molecule has 3 atom stereocenters. The van der Waals surface area contributed by atoms with Crippen molar-refractivity contribution in [1.29, 1.82) is 0 Å². The summed E-state index contributed by atoms with van der Waals surface area (Å²) >= 11 is 0. The summed E-state index contributed by atoms with van der Waals surface area (Å²) in [6.07, 6.45) is 2.15. The summed E-state index contributed by atoms with van der Waals surface area (Å²) in [6, 6.07) is 16.7. The summed E-state index contributed by atoms with van der Waals surface area (Å²) < 4.78 is 21.7. The van der Waals surface area contributed by atoms with E-state index in [1.54, 1.807) is 29.7 Å². The van der Waals surface area contributed by atoms with Gasteiger partial charge >= 0.3 is 12.0 Å². The van der Waals surface area contributed by atoms with E-state index in [2.05, 4.69) is 31.5 Å². The van der Waals surface area contributed by atoms with Crippen LogP contribution in [0.5, 0.6) is 5.75 Å². The van der Waals surface area contributed by atoms with Crippen LogP contribution in [0.1, 0.15) is 46.3 Å². The average Bonchev–Trinajstić information content (AvgIpc) is 3.55. The summed E-state index contributed by atoms with van der Waals surface area (Å²) in [7, 11) is 0. The maximum Gasteiger partial charge on any atom is 0.327 e. The van der Waals surface area contributed by atoms with Gasteiger partial charge in [-0.1, -0.05) is 36.4 Å². The molecule has 19 nitrogen and oxygen atoms in total. The van der Waals surface area contributed by atoms with E-state index in [0.717, 1.165) is 16.7 Å². The number of esters is 1. The van der Waals surface area contributed by atoms with Crippen molar-refractivity contribution in [2.75, 3.05) is 45.2 Å². The molecule has 57 heavy (non-hydrogen) atoms. The molecule has 0 saturated carbocycles. The molecule has 19 heteroatoms. The van der Waals surface area contributed by atoms with Gasteiger partial charge in [0.25, 0.3) is 5.91 Å². The summed E-state index contributed by atoms with van der Waals surface area (Å²) in [6.45, 7) is 0.107. The van der Waals surface area contributed by atoms with Gasteiger partial charge in [0.15, 0.2) is 6.79 Å². The number of amidine groups is 1. The second kappa shape index (κ2) is 19.0. The van der Waals surface area contributed by atoms with Gasteiger partial charge in [0.1, 0.15) is 36.3 Å². The summed E-state index contributed by atoms with van der Waals surface area (Å²) in [5.74, 6) is -2.37. The van der Waals surface area contributed by atoms with Crippen molar-refractivity contribution >= 4 is 41.4 Å². The second-order valence-corrected chi connectivity index (χ2v) is 13.7. The molecule has 4 aliphatic heterocycles. The number of aliphatic hydroxyl groups excluding tert-OH is 1. The number of carbonyl (C=O) groups excluding carboxylic acids is 5. The van der Waals surface area contributed by atoms with E-state index in [0.29, 0.717) is 36.6 Å². The molecule has 5 heterocycles. The zero-order valence-corrected chi connectivity index (χ0v) is 30.9. The van der Waals surface area contributed by atoms with Crippen LogP contribution in [0.25, 0.3) is 0 Å². The largest absolute Gasteiger partial charge is 0.494 e. The lowest BCUT2D eigenvalue weighted by atomic mass is 9.97. The molecule has 302 valence electrons. The minimum Gasteiger partial charge on any atom is -0.494 e. The third-order valence-corrected chi connectivity index (χ3v) is 9.66. The highest BCUT2D eigenvalue weighted by atomic mass is 16.7. The lowest BCUT2D eigenvalue weighted by Gasteiger charge is -2.35. The fraction of sp³-hybridized carbons (Fsp3) is 0.395. The van der Waals surface area contributed by atoms with Gasteiger partial charge in [-0.25, -0.2) is 10.5 Å². The molecule has 7 rings (SSSR count). The Kier molecular flexibility index (Phi) is 13.5. The number of rotatable bonds is 10. The topological polar surface area (TPSA) is 251 Å². The average molecular weight is 789 g/mol. The van der Waals surface area contributed by atoms with Crippen LogP contribution in [0, 0.1) is 5.92 Å². The Bertz CT molecular complexity index is 1930. The molecule has 2 saturated heterocycles. The number of hydrazone groups is 1. The van der Waals surface area contributed by atoms with Crippen LogP contribution in [-0.4, -0.2) is 107 Å². The van der Waals surface area contributed by atoms with Crippen LogP contribution in [0.3, 0.4) is 0 Å². The maximum absolute atomic E-state index is 13.4. The number of fused-ring (bicyclic) bond motifs is 12. The molecule has 4 amide bonds. The fourth-order valence-corrected chi connectivity index (χ4v) is 6.35. The van der Waals surface area contributed by atoms with E-state index in [4.69, 9.17) is 24.2 Å². The molecule has 1 unspecified atom stereocenters. The number of nitrogens with zero attached hydrogens (tertiary/aromatic N) is 3. The summed E-state index contributed by atoms with van der Waals surface area (Å²) in [5, 5.41) is 31.9. The number of amides is 4. The number of hydrogen-bond donors (Lipinski definition) is 7. The highest BCUT2D eigenvalue weighted by Gasteiger charge is 2.48. The number of pyridine rings is 1. The Balaban J connectivity index is 0.990. The van der Waals surface area contributed by atoms with E-state index in [1.165, 1.54) is 11.1 Å². The van der Waals surface area contributed by atoms with Crippen LogP contribution < -0.4 is 31.6 Å². The number of anilines is 1. The van der Waals surface area contributed by atoms with Crippen molar-refractivity contribution in [3.63, 3.8) is 0 Å². The molecular formula is C38H44N8O11. The number of hydrogen-bond acceptors (Lipinski definition) is 14. The van der Waals surface area contributed by atoms with E-state index >= 15 is 0 Å². The lowest BCUT2D eigenvalue weighted by Crippen LogP contribution is -2.57. The first-order valence-electron chi connectivity index (χ1n) is 18.3. The third kappa shape index (κ3) is 10.7. The quantitative estimate of drug-likeness (QED) is 0.0831. The van der Waals surface area contributed by atoms with Crippen molar-refractivity contribution in [2.24, 2.45) is 11.0 Å². The van der Waals surface area contributed by atoms with Crippen LogP contribution in [0.15, 0.2) is 72.0 Å². The standard InChI is InChI=1S/C38H44N8O11/c47-20-38-21-54-23-57-33(49)19-46(38)37(56-22-38)44-43-31-12-9-28(18-39-31)34(50)40-16-25-3-5-26(6-4-25)17-41-36(52)30-14-24-7-10-29(11-8-24)55-13-1-2-27(35(51)45-53)15-32(48)42-30/h3-12,18,27,30,47,53H,1-2,13-17,19-23H2,(H,39,43)(H,40,50)(H,41,52)(H,42,48)(H,45,51)/b44-37-/t27-,30-,38?/m0/s1. The zero-order valence-electron chi connectivity index (χ0n) is 30.9. The van der Waals surface area contributed by atoms with Crippen molar-refractivity contribution < 1.29 is 53.2 Å². The minimum atomic E-state index is -0.986. The molecule has 3 aromatic rings. The molecule has 4 aliphatic rings. The molecule has 1 aromatic heterocycles. The normalized spacial score (nSPS) is 21.9. The predicted octanol–water partition coefficient (Wildman–Crippen LogP) is 0.317. The van der Waals surface area contributed by atoms with Crippen molar-refractivity contribution in [1.82, 2.24) is 31.3 Å². The first-order chi connectivity index (χ1) is 27.6. The molecule has 0 aliphatic carbocycles. The Morgan fingerprint density at radius 3 is 2.37 bits per heavy atom. The molecule has 0 radical (unpaired) electrons. The van der Waals surface area contributed by atoms with Gasteiger partial charge in [-0.05, 0) is 53.8 Å². The fourth-order valence-electron chi connectivity index (χ4n) is 6.35. The van der Waals surface area contributed by atoms with Gasteiger partial charge < -0.3 is 44.9 Å². The maximum atomic E-state index is 13.4. The van der Waals surface area contributed by atoms with Crippen LogP contribution in [-0.2, 0) is 52.9 Å². The van der Waals surface area contributed by atoms with Gasteiger partial charge in [-0.2, -0.15) is 0 Å². The van der Waals surface area contributed by atoms with E-state index in [9.17, 15) is 29.1 Å². The number of cyclic esters (lactones) is 1. The molecule has 2 aromatic carbocycles. The summed E-state index contributed by atoms with van der Waals surface area (Å²) in [4.78, 5) is 69.2. The highest BCUT2D eigenvalue weighted by molar-refractivity contribution is 5.94. The number of benzene rings is 2. The van der Waals surface area contributed by atoms with Crippen LogP contribution in [0.4, 0.5) is 5.82 Å². The zero-order chi connectivity index (χ0) is 40.2. The number of aromatic nitrogens is 1. The molecule has 7 N–H and O–H groups in total. The summed E-state index contributed by atoms with van der Waals surface area (Å²) in [5.41, 5.74) is 6.06. The smallest absolute Gasteiger partial charge is 0.327 e. The van der Waals surface area contributed by atoms with Gasteiger partial charge in [-0.15, -0.1) is 5.10 Å². The van der Waals surface area contributed by atoms with Crippen molar-refractivity contribution in [3.8, 4) is 5.75 Å². The Labute approximate surface area is 327 Å². The predicted molar refractivity (Wildman–Crippen MR) is 199 cm³/mol. The molecule has 0 spiro atoms. The Morgan fingerprint density at radius 2 is 1.67 bits per heavy atom. The first-order valence-corrected chi connectivity index (χ1v) is 18.3. The second-order valence-electron chi connectivity index (χ2n) is 13.7. The number of nitrogens with one attached hydrogen (secondary N) is 5. The Hall–Kier alpha value is -6.31. The minimum absolute atomic E-state index is 0.0509. The lowest BCUT2D eigenvalue weighted by molar-refractivity contribution is -0.168. The van der Waals surface area contributed by atoms with Gasteiger partial charge in [0.2, 0.25) is 17.7 Å². The van der Waals surface area contributed by atoms with E-state index in [1.807, 2.05) is 36.4 Å². The van der Waals surface area contributed by atoms with Gasteiger partial charge in [-0.3, -0.25) is 34.6 Å². The highest BCUT2D eigenvalue weighted by Crippen LogP contribution is 2.26. The van der Waals surface area contributed by atoms with E-state index < -0.39 is 41.2 Å². The van der Waals surface area contributed by atoms with Crippen molar-refractivity contribution in [2.45, 2.75) is 50.4 Å². The number of carbonyl (C=O) groups is 5. The van der Waals surface area contributed by atoms with Crippen LogP contribution >= 0.6 is 0 Å². The monoisotopic (exact) mass is 788 g/mol. The molecule has 2 fully saturated rings. The number of ether oxygens (including phenoxy) is 4. The molecule has 2 bridgehead atoms. The SMILES string of the molecule is O=C1C[C@@H](C(=O)NO)CCCOc2ccc(cc2)C[C@@H](C(=O)NCc2ccc(CNC(=O)c3ccc(N/N=C4\OCC5(CO)COCOC(=O)CN45)nc3)cc2)N1. The van der Waals surface area contributed by atoms with E-state index in [-0.39, 0.29) is 71.0 Å². The van der Waals surface area contributed by atoms with Gasteiger partial charge in [0, 0.05) is 38.0 Å². The number of aliphatic hydroxyl groups is 1. The third-order valence-electron chi connectivity index (χ3n) is 9.66.